The lowest BCUT2D eigenvalue weighted by Gasteiger charge is -2.06. The average Bonchev–Trinajstić information content (AvgIpc) is 2.74. The van der Waals surface area contributed by atoms with E-state index in [1.54, 1.807) is 7.05 Å². The molecule has 2 aromatic heterocycles. The van der Waals surface area contributed by atoms with Crippen molar-refractivity contribution in [3.63, 3.8) is 0 Å². The Morgan fingerprint density at radius 1 is 1.60 bits per heavy atom. The Hall–Kier alpha value is -1.88. The maximum Gasteiger partial charge on any atom is 0.266 e. The lowest BCUT2D eigenvalue weighted by atomic mass is 10.1. The number of hydrogen-bond acceptors (Lipinski definition) is 3. The second kappa shape index (κ2) is 3.70. The fraction of sp³-hybridized carbons (Fsp3) is 0.200. The van der Waals surface area contributed by atoms with E-state index in [9.17, 15) is 4.79 Å². The monoisotopic (exact) mass is 204 g/mol. The van der Waals surface area contributed by atoms with Gasteiger partial charge in [0.1, 0.15) is 0 Å². The van der Waals surface area contributed by atoms with Crippen LogP contribution >= 0.6 is 0 Å². The lowest BCUT2D eigenvalue weighted by Crippen LogP contribution is -2.21. The van der Waals surface area contributed by atoms with Crippen LogP contribution in [0.1, 0.15) is 5.56 Å². The van der Waals surface area contributed by atoms with Crippen LogP contribution in [0.2, 0.25) is 0 Å². The van der Waals surface area contributed by atoms with Crippen LogP contribution in [0, 0.1) is 0 Å². The quantitative estimate of drug-likeness (QED) is 0.735. The van der Waals surface area contributed by atoms with E-state index in [0.717, 1.165) is 16.8 Å². The topological polar surface area (TPSA) is 76.7 Å². The Kier molecular flexibility index (Phi) is 2.39. The smallest absolute Gasteiger partial charge is 0.266 e. The molecule has 0 fully saturated rings. The summed E-state index contributed by atoms with van der Waals surface area (Å²) in [6.45, 7) is 0.309. The molecule has 0 spiro atoms. The summed E-state index contributed by atoms with van der Waals surface area (Å²) in [7, 11) is 1.62. The van der Waals surface area contributed by atoms with E-state index in [1.165, 1.54) is 10.7 Å². The van der Waals surface area contributed by atoms with Crippen LogP contribution in [0.15, 0.2) is 29.3 Å². The molecule has 0 atom stereocenters. The third kappa shape index (κ3) is 1.69. The summed E-state index contributed by atoms with van der Waals surface area (Å²) < 4.78 is 1.31. The number of nitrogens with zero attached hydrogens (tertiary/aromatic N) is 2. The third-order valence-electron chi connectivity index (χ3n) is 2.26. The highest BCUT2D eigenvalue weighted by atomic mass is 16.1. The van der Waals surface area contributed by atoms with Gasteiger partial charge >= 0.3 is 0 Å². The molecule has 2 rings (SSSR count). The van der Waals surface area contributed by atoms with Gasteiger partial charge in [0.2, 0.25) is 0 Å². The zero-order chi connectivity index (χ0) is 10.8. The molecule has 2 aromatic rings. The minimum Gasteiger partial charge on any atom is -0.367 e. The van der Waals surface area contributed by atoms with Gasteiger partial charge < -0.3 is 10.7 Å². The zero-order valence-corrected chi connectivity index (χ0v) is 8.40. The van der Waals surface area contributed by atoms with Crippen LogP contribution in [0.5, 0.6) is 0 Å². The molecule has 0 saturated heterocycles. The summed E-state index contributed by atoms with van der Waals surface area (Å²) in [6, 6.07) is 3.42. The molecule has 0 bridgehead atoms. The predicted molar refractivity (Wildman–Crippen MR) is 57.2 cm³/mol. The van der Waals surface area contributed by atoms with E-state index in [0.29, 0.717) is 6.54 Å². The number of hydrogen-bond donors (Lipinski definition) is 2. The van der Waals surface area contributed by atoms with Crippen molar-refractivity contribution in [2.75, 3.05) is 0 Å². The molecule has 0 aliphatic carbocycles. The van der Waals surface area contributed by atoms with E-state index in [1.807, 2.05) is 18.5 Å². The van der Waals surface area contributed by atoms with Crippen LogP contribution in [-0.4, -0.2) is 14.8 Å². The molecule has 0 saturated carbocycles. The molecular weight excluding hydrogens is 192 g/mol. The number of H-pyrrole nitrogens is 1. The number of nitrogens with one attached hydrogen (secondary N) is 1. The molecule has 5 heteroatoms. The predicted octanol–water partition coefficient (Wildman–Crippen LogP) is 0.234. The standard InChI is InChI=1S/C10H12N4O/c1-14-9(15)4-8(5-11)10(13-14)7-2-3-12-6-7/h2-4,6,12H,5,11H2,1H3. The maximum atomic E-state index is 11.4. The number of aromatic amines is 1. The highest BCUT2D eigenvalue weighted by molar-refractivity contribution is 5.61. The van der Waals surface area contributed by atoms with Gasteiger partial charge in [-0.3, -0.25) is 4.79 Å². The number of rotatable bonds is 2. The maximum absolute atomic E-state index is 11.4. The molecule has 15 heavy (non-hydrogen) atoms. The van der Waals surface area contributed by atoms with E-state index in [-0.39, 0.29) is 5.56 Å². The van der Waals surface area contributed by atoms with Crippen molar-refractivity contribution in [2.24, 2.45) is 12.8 Å². The SMILES string of the molecule is Cn1nc(-c2cc[nH]c2)c(CN)cc1=O. The van der Waals surface area contributed by atoms with Gasteiger partial charge in [0.05, 0.1) is 5.69 Å². The molecule has 0 amide bonds. The Bertz CT molecular complexity index is 513. The number of aromatic nitrogens is 3. The lowest BCUT2D eigenvalue weighted by molar-refractivity contribution is 0.704. The minimum atomic E-state index is -0.144. The van der Waals surface area contributed by atoms with Crippen LogP contribution in [0.4, 0.5) is 0 Å². The van der Waals surface area contributed by atoms with Crippen molar-refractivity contribution in [1.29, 1.82) is 0 Å². The summed E-state index contributed by atoms with van der Waals surface area (Å²) >= 11 is 0. The largest absolute Gasteiger partial charge is 0.367 e. The summed E-state index contributed by atoms with van der Waals surface area (Å²) in [5.74, 6) is 0. The van der Waals surface area contributed by atoms with Gasteiger partial charge in [-0.1, -0.05) is 0 Å². The first kappa shape index (κ1) is 9.67. The Morgan fingerprint density at radius 2 is 2.40 bits per heavy atom. The van der Waals surface area contributed by atoms with E-state index in [2.05, 4.69) is 10.1 Å². The van der Waals surface area contributed by atoms with Crippen molar-refractivity contribution >= 4 is 0 Å². The summed E-state index contributed by atoms with van der Waals surface area (Å²) in [5, 5.41) is 4.19. The van der Waals surface area contributed by atoms with E-state index < -0.39 is 0 Å². The summed E-state index contributed by atoms with van der Waals surface area (Å²) in [4.78, 5) is 14.3. The van der Waals surface area contributed by atoms with Crippen molar-refractivity contribution in [3.8, 4) is 11.3 Å². The second-order valence-electron chi connectivity index (χ2n) is 3.28. The molecule has 0 aromatic carbocycles. The van der Waals surface area contributed by atoms with Crippen LogP contribution in [-0.2, 0) is 13.6 Å². The van der Waals surface area contributed by atoms with Gasteiger partial charge in [0, 0.05) is 37.6 Å². The molecule has 0 aliphatic heterocycles. The second-order valence-corrected chi connectivity index (χ2v) is 3.28. The number of aryl methyl sites for hydroxylation is 1. The van der Waals surface area contributed by atoms with Crippen LogP contribution in [0.25, 0.3) is 11.3 Å². The molecule has 0 aliphatic rings. The molecule has 0 unspecified atom stereocenters. The van der Waals surface area contributed by atoms with Crippen molar-refractivity contribution in [2.45, 2.75) is 6.54 Å². The van der Waals surface area contributed by atoms with Crippen molar-refractivity contribution in [3.05, 3.63) is 40.4 Å². The summed E-state index contributed by atoms with van der Waals surface area (Å²) in [6.07, 6.45) is 3.63. The first-order chi connectivity index (χ1) is 7.22. The molecule has 78 valence electrons. The van der Waals surface area contributed by atoms with Crippen LogP contribution in [0.3, 0.4) is 0 Å². The van der Waals surface area contributed by atoms with Gasteiger partial charge in [-0.25, -0.2) is 4.68 Å². The van der Waals surface area contributed by atoms with Gasteiger partial charge in [0.15, 0.2) is 0 Å². The Balaban J connectivity index is 2.65. The molecule has 2 heterocycles. The summed E-state index contributed by atoms with van der Waals surface area (Å²) in [5.41, 5.74) is 7.88. The van der Waals surface area contributed by atoms with Crippen LogP contribution < -0.4 is 11.3 Å². The van der Waals surface area contributed by atoms with Gasteiger partial charge in [-0.15, -0.1) is 0 Å². The molecule has 5 nitrogen and oxygen atoms in total. The van der Waals surface area contributed by atoms with Crippen molar-refractivity contribution in [1.82, 2.24) is 14.8 Å². The van der Waals surface area contributed by atoms with Gasteiger partial charge in [0.25, 0.3) is 5.56 Å². The molecular formula is C10H12N4O. The highest BCUT2D eigenvalue weighted by Crippen LogP contribution is 2.18. The fourth-order valence-corrected chi connectivity index (χ4v) is 1.44. The normalized spacial score (nSPS) is 10.5. The molecule has 0 radical (unpaired) electrons. The van der Waals surface area contributed by atoms with Gasteiger partial charge in [-0.2, -0.15) is 5.10 Å². The average molecular weight is 204 g/mol. The molecule has 3 N–H and O–H groups in total. The Labute approximate surface area is 86.5 Å². The zero-order valence-electron chi connectivity index (χ0n) is 8.40. The first-order valence-corrected chi connectivity index (χ1v) is 4.63. The first-order valence-electron chi connectivity index (χ1n) is 4.63. The van der Waals surface area contributed by atoms with E-state index >= 15 is 0 Å². The third-order valence-corrected chi connectivity index (χ3v) is 2.26. The van der Waals surface area contributed by atoms with Gasteiger partial charge in [-0.05, 0) is 11.6 Å². The Morgan fingerprint density at radius 3 is 3.00 bits per heavy atom. The number of nitrogens with two attached hydrogens (primary N) is 1. The highest BCUT2D eigenvalue weighted by Gasteiger charge is 2.08. The van der Waals surface area contributed by atoms with E-state index in [4.69, 9.17) is 5.73 Å². The van der Waals surface area contributed by atoms with Crippen molar-refractivity contribution < 1.29 is 0 Å². The minimum absolute atomic E-state index is 0.144. The fourth-order valence-electron chi connectivity index (χ4n) is 1.44.